The standard InChI is InChI=1S/C25H24N3O4/c1-27(2)17-7-9-19-22(12-17)31-23-13-18(28(3)4)8-10-20(23)24(19)21-11-15(25(30)32-26)5-6-16(21)14-29/h5-14H,26H2,1-4H3/q+1. The molecule has 0 radical (unpaired) electrons. The van der Waals surface area contributed by atoms with E-state index in [0.717, 1.165) is 33.8 Å². The van der Waals surface area contributed by atoms with Crippen molar-refractivity contribution in [3.05, 3.63) is 71.1 Å². The van der Waals surface area contributed by atoms with E-state index < -0.39 is 5.97 Å². The second-order valence-electron chi connectivity index (χ2n) is 7.95. The predicted molar refractivity (Wildman–Crippen MR) is 125 cm³/mol. The van der Waals surface area contributed by atoms with E-state index in [2.05, 4.69) is 4.84 Å². The van der Waals surface area contributed by atoms with Crippen LogP contribution in [-0.4, -0.2) is 40.4 Å². The molecule has 4 rings (SSSR count). The number of carbonyl (C=O) groups excluding carboxylic acids is 2. The van der Waals surface area contributed by atoms with E-state index in [9.17, 15) is 9.59 Å². The molecule has 2 aliphatic rings. The maximum absolute atomic E-state index is 12.1. The van der Waals surface area contributed by atoms with Crippen LogP contribution in [0.3, 0.4) is 0 Å². The Morgan fingerprint density at radius 3 is 2.47 bits per heavy atom. The molecule has 1 heterocycles. The number of aldehydes is 1. The minimum Gasteiger partial charge on any atom is -0.456 e. The highest BCUT2D eigenvalue weighted by atomic mass is 16.7. The van der Waals surface area contributed by atoms with Gasteiger partial charge in [0.2, 0.25) is 5.36 Å². The number of anilines is 1. The lowest BCUT2D eigenvalue weighted by atomic mass is 9.90. The van der Waals surface area contributed by atoms with Crippen LogP contribution in [0.2, 0.25) is 0 Å². The maximum Gasteiger partial charge on any atom is 0.356 e. The number of hydrogen-bond acceptors (Lipinski definition) is 6. The molecule has 0 saturated heterocycles. The van der Waals surface area contributed by atoms with E-state index in [0.29, 0.717) is 22.5 Å². The van der Waals surface area contributed by atoms with E-state index in [1.165, 1.54) is 6.07 Å². The molecule has 7 heteroatoms. The summed E-state index contributed by atoms with van der Waals surface area (Å²) >= 11 is 0. The summed E-state index contributed by atoms with van der Waals surface area (Å²) in [5.41, 5.74) is 4.56. The van der Waals surface area contributed by atoms with Crippen LogP contribution < -0.4 is 20.7 Å². The van der Waals surface area contributed by atoms with Crippen LogP contribution in [-0.2, 0) is 4.84 Å². The first kappa shape index (κ1) is 21.3. The number of carbonyl (C=O) groups is 2. The fraction of sp³-hybridized carbons (Fsp3) is 0.160. The SMILES string of the molecule is CN(C)c1ccc2c(-c3cc(C(=O)ON)ccc3C=O)c3ccc(=[N+](C)C)cc-3oc2c1. The fourth-order valence-corrected chi connectivity index (χ4v) is 3.78. The van der Waals surface area contributed by atoms with Gasteiger partial charge in [0.05, 0.1) is 11.6 Å². The number of hydrogen-bond donors (Lipinski definition) is 1. The van der Waals surface area contributed by atoms with Crippen LogP contribution in [0.5, 0.6) is 0 Å². The van der Waals surface area contributed by atoms with Crippen LogP contribution in [0.25, 0.3) is 33.4 Å². The maximum atomic E-state index is 12.1. The summed E-state index contributed by atoms with van der Waals surface area (Å²) in [6.45, 7) is 0. The second-order valence-corrected chi connectivity index (χ2v) is 7.95. The normalized spacial score (nSPS) is 10.9. The summed E-state index contributed by atoms with van der Waals surface area (Å²) in [6.07, 6.45) is 0.775. The average Bonchev–Trinajstić information content (AvgIpc) is 2.80. The molecule has 0 saturated carbocycles. The Kier molecular flexibility index (Phi) is 5.50. The Bertz CT molecular complexity index is 1400. The van der Waals surface area contributed by atoms with Gasteiger partial charge in [0.25, 0.3) is 0 Å². The van der Waals surface area contributed by atoms with Gasteiger partial charge in [0.1, 0.15) is 25.4 Å². The molecular weight excluding hydrogens is 406 g/mol. The molecule has 2 aromatic rings. The Labute approximate surface area is 185 Å². The van der Waals surface area contributed by atoms with E-state index >= 15 is 0 Å². The van der Waals surface area contributed by atoms with Crippen LogP contribution in [0.15, 0.2) is 59.0 Å². The monoisotopic (exact) mass is 430 g/mol. The van der Waals surface area contributed by atoms with Crippen molar-refractivity contribution in [2.45, 2.75) is 0 Å². The number of rotatable bonds is 4. The van der Waals surface area contributed by atoms with Gasteiger partial charge in [-0.15, -0.1) is 0 Å². The quantitative estimate of drug-likeness (QED) is 0.232. The molecule has 2 aromatic carbocycles. The Morgan fingerprint density at radius 2 is 1.81 bits per heavy atom. The van der Waals surface area contributed by atoms with Crippen LogP contribution in [0, 0.1) is 0 Å². The lowest BCUT2D eigenvalue weighted by Gasteiger charge is -2.19. The zero-order chi connectivity index (χ0) is 23.0. The molecule has 1 aliphatic carbocycles. The molecule has 7 nitrogen and oxygen atoms in total. The van der Waals surface area contributed by atoms with E-state index in [1.54, 1.807) is 12.1 Å². The third kappa shape index (κ3) is 3.63. The summed E-state index contributed by atoms with van der Waals surface area (Å²) in [5.74, 6) is 5.08. The number of nitrogens with two attached hydrogens (primary N) is 1. The Balaban J connectivity index is 2.17. The molecule has 0 spiro atoms. The van der Waals surface area contributed by atoms with Crippen LogP contribution >= 0.6 is 0 Å². The van der Waals surface area contributed by atoms with Crippen molar-refractivity contribution in [3.8, 4) is 22.5 Å². The second kappa shape index (κ2) is 8.28. The van der Waals surface area contributed by atoms with Gasteiger partial charge in [-0.2, -0.15) is 5.90 Å². The van der Waals surface area contributed by atoms with Crippen molar-refractivity contribution in [2.75, 3.05) is 33.1 Å². The van der Waals surface area contributed by atoms with Gasteiger partial charge in [-0.05, 0) is 35.9 Å². The largest absolute Gasteiger partial charge is 0.456 e. The van der Waals surface area contributed by atoms with Gasteiger partial charge in [-0.25, -0.2) is 9.37 Å². The molecule has 1 aliphatic heterocycles. The fourth-order valence-electron chi connectivity index (χ4n) is 3.78. The highest BCUT2D eigenvalue weighted by Crippen LogP contribution is 2.42. The van der Waals surface area contributed by atoms with Gasteiger partial charge in [-0.1, -0.05) is 6.07 Å². The van der Waals surface area contributed by atoms with Crippen LogP contribution in [0.4, 0.5) is 5.69 Å². The zero-order valence-corrected chi connectivity index (χ0v) is 18.4. The van der Waals surface area contributed by atoms with Crippen molar-refractivity contribution in [3.63, 3.8) is 0 Å². The molecule has 0 atom stereocenters. The first-order chi connectivity index (χ1) is 15.3. The topological polar surface area (TPSA) is 88.8 Å². The van der Waals surface area contributed by atoms with Gasteiger partial charge >= 0.3 is 5.97 Å². The summed E-state index contributed by atoms with van der Waals surface area (Å²) in [4.78, 5) is 30.4. The van der Waals surface area contributed by atoms with Gasteiger partial charge in [0, 0.05) is 54.0 Å². The van der Waals surface area contributed by atoms with Crippen molar-refractivity contribution in [1.29, 1.82) is 0 Å². The smallest absolute Gasteiger partial charge is 0.356 e. The van der Waals surface area contributed by atoms with Crippen molar-refractivity contribution < 1.29 is 18.8 Å². The molecule has 0 bridgehead atoms. The highest BCUT2D eigenvalue weighted by Gasteiger charge is 2.22. The molecule has 2 N–H and O–H groups in total. The van der Waals surface area contributed by atoms with Crippen LogP contribution in [0.1, 0.15) is 20.7 Å². The number of fused-ring (bicyclic) bond motifs is 2. The lowest BCUT2D eigenvalue weighted by Crippen LogP contribution is -2.21. The van der Waals surface area contributed by atoms with Crippen molar-refractivity contribution >= 4 is 28.9 Å². The van der Waals surface area contributed by atoms with Crippen molar-refractivity contribution in [1.82, 2.24) is 4.58 Å². The minimum absolute atomic E-state index is 0.255. The molecule has 0 fully saturated rings. The molecule has 0 amide bonds. The predicted octanol–water partition coefficient (Wildman–Crippen LogP) is 3.15. The Morgan fingerprint density at radius 1 is 1.03 bits per heavy atom. The van der Waals surface area contributed by atoms with E-state index in [-0.39, 0.29) is 5.56 Å². The van der Waals surface area contributed by atoms with Gasteiger partial charge in [-0.3, -0.25) is 4.79 Å². The van der Waals surface area contributed by atoms with E-state index in [4.69, 9.17) is 10.3 Å². The molecule has 0 unspecified atom stereocenters. The Hall–Kier alpha value is -3.97. The lowest BCUT2D eigenvalue weighted by molar-refractivity contribution is 0.0503. The van der Waals surface area contributed by atoms with Gasteiger partial charge in [0.15, 0.2) is 6.29 Å². The molecule has 0 aromatic heterocycles. The zero-order valence-electron chi connectivity index (χ0n) is 18.4. The molecule has 162 valence electrons. The summed E-state index contributed by atoms with van der Waals surface area (Å²) in [6, 6.07) is 16.6. The summed E-state index contributed by atoms with van der Waals surface area (Å²) in [7, 11) is 7.83. The molecule has 32 heavy (non-hydrogen) atoms. The number of benzene rings is 3. The third-order valence-corrected chi connectivity index (χ3v) is 5.51. The summed E-state index contributed by atoms with van der Waals surface area (Å²) < 4.78 is 8.30. The summed E-state index contributed by atoms with van der Waals surface area (Å²) in [5, 5.41) is 1.80. The number of nitrogens with zero attached hydrogens (tertiary/aromatic N) is 2. The highest BCUT2D eigenvalue weighted by molar-refractivity contribution is 6.07. The molecular formula is C25H24N3O4+. The van der Waals surface area contributed by atoms with Gasteiger partial charge < -0.3 is 14.2 Å². The van der Waals surface area contributed by atoms with Crippen molar-refractivity contribution in [2.24, 2.45) is 5.90 Å². The third-order valence-electron chi connectivity index (χ3n) is 5.51. The van der Waals surface area contributed by atoms with E-state index in [1.807, 2.05) is 74.1 Å². The first-order valence-corrected chi connectivity index (χ1v) is 10.0. The first-order valence-electron chi connectivity index (χ1n) is 10.0. The minimum atomic E-state index is -0.678. The average molecular weight is 430 g/mol.